The van der Waals surface area contributed by atoms with E-state index in [1.165, 1.54) is 16.3 Å². The second kappa shape index (κ2) is 6.08. The van der Waals surface area contributed by atoms with Gasteiger partial charge >= 0.3 is 0 Å². The summed E-state index contributed by atoms with van der Waals surface area (Å²) in [6, 6.07) is 19.4. The molecule has 0 radical (unpaired) electrons. The highest BCUT2D eigenvalue weighted by Gasteiger charge is 2.45. The maximum atomic E-state index is 6.32. The highest BCUT2D eigenvalue weighted by atomic mass is 79.9. The number of fused-ring (bicyclic) bond motifs is 4. The molecule has 0 N–H and O–H groups in total. The molecule has 0 saturated carbocycles. The van der Waals surface area contributed by atoms with Crippen LogP contribution >= 0.6 is 31.9 Å². The molecule has 0 spiro atoms. The van der Waals surface area contributed by atoms with Crippen molar-refractivity contribution in [1.29, 1.82) is 0 Å². The van der Waals surface area contributed by atoms with Crippen molar-refractivity contribution in [2.24, 2.45) is 5.10 Å². The Morgan fingerprint density at radius 3 is 2.63 bits per heavy atom. The van der Waals surface area contributed by atoms with Crippen molar-refractivity contribution in [1.82, 2.24) is 5.01 Å². The van der Waals surface area contributed by atoms with Crippen molar-refractivity contribution in [3.05, 3.63) is 74.7 Å². The van der Waals surface area contributed by atoms with E-state index in [2.05, 4.69) is 99.2 Å². The van der Waals surface area contributed by atoms with E-state index in [-0.39, 0.29) is 6.04 Å². The lowest BCUT2D eigenvalue weighted by atomic mass is 9.94. The van der Waals surface area contributed by atoms with Crippen molar-refractivity contribution >= 4 is 48.3 Å². The van der Waals surface area contributed by atoms with Crippen LogP contribution in [0.4, 0.5) is 0 Å². The van der Waals surface area contributed by atoms with Gasteiger partial charge < -0.3 is 4.74 Å². The minimum Gasteiger partial charge on any atom is -0.466 e. The second-order valence-corrected chi connectivity index (χ2v) is 9.30. The van der Waals surface area contributed by atoms with Crippen molar-refractivity contribution < 1.29 is 4.74 Å². The number of halogens is 2. The summed E-state index contributed by atoms with van der Waals surface area (Å²) in [5.41, 5.74) is 2.93. The van der Waals surface area contributed by atoms with Crippen LogP contribution in [0.2, 0.25) is 0 Å². The summed E-state index contributed by atoms with van der Waals surface area (Å²) in [6.07, 6.45) is 0.862. The Bertz CT molecular complexity index is 1110. The Kier molecular flexibility index (Phi) is 3.89. The molecule has 27 heavy (non-hydrogen) atoms. The van der Waals surface area contributed by atoms with Crippen LogP contribution in [0, 0.1) is 0 Å². The first-order valence-electron chi connectivity index (χ1n) is 8.96. The first kappa shape index (κ1) is 17.3. The topological polar surface area (TPSA) is 24.8 Å². The third kappa shape index (κ3) is 2.79. The molecule has 2 aliphatic heterocycles. The van der Waals surface area contributed by atoms with Gasteiger partial charge in [0.15, 0.2) is 5.72 Å². The Morgan fingerprint density at radius 1 is 1.04 bits per heavy atom. The van der Waals surface area contributed by atoms with Crippen LogP contribution in [0.5, 0.6) is 5.75 Å². The minimum absolute atomic E-state index is 0.166. The third-order valence-electron chi connectivity index (χ3n) is 5.29. The van der Waals surface area contributed by atoms with E-state index in [1.807, 2.05) is 6.07 Å². The predicted molar refractivity (Wildman–Crippen MR) is 116 cm³/mol. The number of hydrazone groups is 1. The number of benzene rings is 3. The van der Waals surface area contributed by atoms with Crippen LogP contribution in [-0.4, -0.2) is 16.4 Å². The van der Waals surface area contributed by atoms with Gasteiger partial charge in [-0.25, -0.2) is 5.01 Å². The molecule has 3 aromatic rings. The number of hydrogen-bond donors (Lipinski definition) is 0. The Labute approximate surface area is 175 Å². The van der Waals surface area contributed by atoms with E-state index in [0.717, 1.165) is 32.4 Å². The Hall–Kier alpha value is -1.85. The molecule has 3 nitrogen and oxygen atoms in total. The van der Waals surface area contributed by atoms with Gasteiger partial charge in [0, 0.05) is 16.5 Å². The molecule has 3 aromatic carbocycles. The van der Waals surface area contributed by atoms with Crippen LogP contribution in [0.1, 0.15) is 37.4 Å². The van der Waals surface area contributed by atoms with Gasteiger partial charge in [0.25, 0.3) is 0 Å². The van der Waals surface area contributed by atoms with Gasteiger partial charge in [-0.15, -0.1) is 0 Å². The Balaban J connectivity index is 1.60. The number of ether oxygens (including phenoxy) is 1. The van der Waals surface area contributed by atoms with E-state index in [9.17, 15) is 0 Å². The molecule has 1 atom stereocenters. The van der Waals surface area contributed by atoms with Crippen molar-refractivity contribution in [2.75, 3.05) is 0 Å². The zero-order valence-electron chi connectivity index (χ0n) is 15.0. The zero-order valence-corrected chi connectivity index (χ0v) is 18.2. The largest absolute Gasteiger partial charge is 0.466 e. The maximum absolute atomic E-state index is 6.32. The minimum atomic E-state index is -0.507. The molecule has 2 aliphatic rings. The normalized spacial score (nSPS) is 20.1. The van der Waals surface area contributed by atoms with Crippen molar-refractivity contribution in [2.45, 2.75) is 32.0 Å². The number of nitrogens with zero attached hydrogens (tertiary/aromatic N) is 2. The first-order valence-corrected chi connectivity index (χ1v) is 10.5. The molecule has 0 unspecified atom stereocenters. The summed E-state index contributed by atoms with van der Waals surface area (Å²) in [6.45, 7) is 4.15. The fourth-order valence-corrected chi connectivity index (χ4v) is 5.36. The summed E-state index contributed by atoms with van der Waals surface area (Å²) < 4.78 is 8.33. The molecular formula is C22H18Br2N2O. The molecule has 0 saturated heterocycles. The average Bonchev–Trinajstić information content (AvgIpc) is 3.09. The molecular weight excluding hydrogens is 468 g/mol. The van der Waals surface area contributed by atoms with Crippen LogP contribution in [0.25, 0.3) is 10.8 Å². The lowest BCUT2D eigenvalue weighted by molar-refractivity contribution is -0.0917. The number of rotatable bonds is 1. The SMILES string of the molecule is CC1(C)Oc2c(Br)cc(Br)cc2[C@H]2CC(c3ccc4ccccc4c3)=NN21. The summed E-state index contributed by atoms with van der Waals surface area (Å²) in [5, 5.41) is 9.59. The second-order valence-electron chi connectivity index (χ2n) is 7.53. The van der Waals surface area contributed by atoms with Crippen molar-refractivity contribution in [3.63, 3.8) is 0 Å². The lowest BCUT2D eigenvalue weighted by Gasteiger charge is -2.44. The molecule has 5 heteroatoms. The fraction of sp³-hybridized carbons (Fsp3) is 0.227. The van der Waals surface area contributed by atoms with Crippen molar-refractivity contribution in [3.8, 4) is 5.75 Å². The van der Waals surface area contributed by atoms with Crippen LogP contribution < -0.4 is 4.74 Å². The van der Waals surface area contributed by atoms with E-state index in [4.69, 9.17) is 9.84 Å². The first-order chi connectivity index (χ1) is 12.9. The van der Waals surface area contributed by atoms with E-state index in [0.29, 0.717) is 0 Å². The fourth-order valence-electron chi connectivity index (χ4n) is 4.02. The monoisotopic (exact) mass is 484 g/mol. The zero-order chi connectivity index (χ0) is 18.8. The predicted octanol–water partition coefficient (Wildman–Crippen LogP) is 6.64. The van der Waals surface area contributed by atoms with Gasteiger partial charge in [-0.05, 0) is 64.3 Å². The van der Waals surface area contributed by atoms with E-state index >= 15 is 0 Å². The average molecular weight is 486 g/mol. The van der Waals surface area contributed by atoms with Gasteiger partial charge in [0.2, 0.25) is 0 Å². The molecule has 2 heterocycles. The highest BCUT2D eigenvalue weighted by Crippen LogP contribution is 2.50. The summed E-state index contributed by atoms with van der Waals surface area (Å²) >= 11 is 7.27. The quantitative estimate of drug-likeness (QED) is 0.385. The molecule has 0 aromatic heterocycles. The van der Waals surface area contributed by atoms with Crippen LogP contribution in [0.15, 0.2) is 68.6 Å². The van der Waals surface area contributed by atoms with Gasteiger partial charge in [-0.3, -0.25) is 0 Å². The van der Waals surface area contributed by atoms with Gasteiger partial charge in [0.05, 0.1) is 16.2 Å². The molecule has 5 rings (SSSR count). The maximum Gasteiger partial charge on any atom is 0.192 e. The van der Waals surface area contributed by atoms with E-state index in [1.54, 1.807) is 0 Å². The lowest BCUT2D eigenvalue weighted by Crippen LogP contribution is -2.48. The Morgan fingerprint density at radius 2 is 1.81 bits per heavy atom. The van der Waals surface area contributed by atoms with Gasteiger partial charge in [-0.1, -0.05) is 52.3 Å². The summed E-state index contributed by atoms with van der Waals surface area (Å²) in [7, 11) is 0. The van der Waals surface area contributed by atoms with E-state index < -0.39 is 5.72 Å². The third-order valence-corrected chi connectivity index (χ3v) is 6.34. The smallest absolute Gasteiger partial charge is 0.192 e. The van der Waals surface area contributed by atoms with Gasteiger partial charge in [0.1, 0.15) is 5.75 Å². The molecule has 136 valence electrons. The molecule has 0 amide bonds. The molecule has 0 fully saturated rings. The summed E-state index contributed by atoms with van der Waals surface area (Å²) in [4.78, 5) is 0. The van der Waals surface area contributed by atoms with Gasteiger partial charge in [-0.2, -0.15) is 5.10 Å². The molecule has 0 aliphatic carbocycles. The van der Waals surface area contributed by atoms with Crippen LogP contribution in [-0.2, 0) is 0 Å². The number of hydrogen-bond acceptors (Lipinski definition) is 3. The highest BCUT2D eigenvalue weighted by molar-refractivity contribution is 9.11. The summed E-state index contributed by atoms with van der Waals surface area (Å²) in [5.74, 6) is 0.916. The standard InChI is InChI=1S/C22H18Br2N2O/c1-22(2)26-20(17-10-16(23)11-18(24)21(17)27-22)12-19(25-26)15-8-7-13-5-3-4-6-14(13)9-15/h3-11,20H,12H2,1-2H3/t20-/m1/s1. The molecule has 0 bridgehead atoms. The van der Waals surface area contributed by atoms with Crippen LogP contribution in [0.3, 0.4) is 0 Å².